The summed E-state index contributed by atoms with van der Waals surface area (Å²) in [7, 11) is 0. The van der Waals surface area contributed by atoms with Gasteiger partial charge in [-0.3, -0.25) is 0 Å². The first-order valence-electron chi connectivity index (χ1n) is 6.98. The highest BCUT2D eigenvalue weighted by atomic mass is 14.2. The Hall–Kier alpha value is -2.08. The van der Waals surface area contributed by atoms with Gasteiger partial charge in [-0.15, -0.1) is 0 Å². The highest BCUT2D eigenvalue weighted by molar-refractivity contribution is 6.15. The molecule has 1 aliphatic rings. The van der Waals surface area contributed by atoms with E-state index in [4.69, 9.17) is 0 Å². The van der Waals surface area contributed by atoms with E-state index in [-0.39, 0.29) is 29.7 Å². The van der Waals surface area contributed by atoms with Crippen molar-refractivity contribution < 1.29 is 0 Å². The van der Waals surface area contributed by atoms with Crippen LogP contribution in [-0.2, 0) is 0 Å². The van der Waals surface area contributed by atoms with E-state index >= 15 is 0 Å². The Morgan fingerprint density at radius 3 is 1.26 bits per heavy atom. The minimum Gasteiger partial charge on any atom is -0.0776 e. The van der Waals surface area contributed by atoms with Gasteiger partial charge in [-0.25, -0.2) is 0 Å². The quantitative estimate of drug-likeness (QED) is 0.305. The molecule has 0 heterocycles. The van der Waals surface area contributed by atoms with Gasteiger partial charge in [-0.05, 0) is 33.0 Å². The molecule has 0 amide bonds. The molecular formula is C23H34. The molecule has 0 unspecified atom stereocenters. The van der Waals surface area contributed by atoms with Crippen LogP contribution in [0, 0.1) is 0 Å². The van der Waals surface area contributed by atoms with E-state index in [1.807, 2.05) is 0 Å². The Bertz CT molecular complexity index is 665. The number of rotatable bonds is 0. The number of hydrogen-bond donors (Lipinski definition) is 0. The molecule has 1 aliphatic carbocycles. The third-order valence-electron chi connectivity index (χ3n) is 3.41. The van der Waals surface area contributed by atoms with Gasteiger partial charge in [0.15, 0.2) is 0 Å². The van der Waals surface area contributed by atoms with Gasteiger partial charge in [0.2, 0.25) is 0 Å². The van der Waals surface area contributed by atoms with Crippen LogP contribution in [0.2, 0.25) is 0 Å². The largest absolute Gasteiger partial charge is 0.0776 e. The van der Waals surface area contributed by atoms with Gasteiger partial charge in [-0.1, -0.05) is 111 Å². The molecule has 0 heteroatoms. The van der Waals surface area contributed by atoms with Gasteiger partial charge in [0.05, 0.1) is 0 Å². The van der Waals surface area contributed by atoms with Crippen molar-refractivity contribution in [2.45, 2.75) is 50.0 Å². The van der Waals surface area contributed by atoms with Crippen molar-refractivity contribution in [2.75, 3.05) is 0 Å². The van der Waals surface area contributed by atoms with Crippen LogP contribution in [0.15, 0.2) is 60.7 Å². The van der Waals surface area contributed by atoms with Crippen molar-refractivity contribution in [3.8, 4) is 22.3 Å². The molecule has 0 N–H and O–H groups in total. The topological polar surface area (TPSA) is 0 Å². The van der Waals surface area contributed by atoms with Crippen LogP contribution in [0.3, 0.4) is 0 Å². The van der Waals surface area contributed by atoms with Crippen molar-refractivity contribution >= 4 is 10.8 Å². The zero-order valence-corrected chi connectivity index (χ0v) is 11.5. The minimum absolute atomic E-state index is 0. The molecule has 23 heavy (non-hydrogen) atoms. The van der Waals surface area contributed by atoms with Gasteiger partial charge in [0.25, 0.3) is 0 Å². The maximum Gasteiger partial charge on any atom is -0.00264 e. The van der Waals surface area contributed by atoms with E-state index in [0.717, 1.165) is 0 Å². The average molecular weight is 311 g/mol. The van der Waals surface area contributed by atoms with Gasteiger partial charge >= 0.3 is 0 Å². The Morgan fingerprint density at radius 1 is 0.522 bits per heavy atom. The Morgan fingerprint density at radius 2 is 0.870 bits per heavy atom. The summed E-state index contributed by atoms with van der Waals surface area (Å²) in [5.74, 6) is 0. The van der Waals surface area contributed by atoms with Crippen molar-refractivity contribution in [1.82, 2.24) is 0 Å². The summed E-state index contributed by atoms with van der Waals surface area (Å²) in [5, 5.41) is 2.75. The highest BCUT2D eigenvalue weighted by Crippen LogP contribution is 2.46. The van der Waals surface area contributed by atoms with Crippen LogP contribution in [-0.4, -0.2) is 0 Å². The van der Waals surface area contributed by atoms with Crippen LogP contribution in [0.4, 0.5) is 0 Å². The molecule has 0 spiro atoms. The smallest absolute Gasteiger partial charge is 0.00264 e. The molecular weight excluding hydrogens is 276 g/mol. The predicted octanol–water partition coefficient (Wildman–Crippen LogP) is 8.45. The summed E-state index contributed by atoms with van der Waals surface area (Å²) in [6, 6.07) is 21.8. The Labute approximate surface area is 144 Å². The van der Waals surface area contributed by atoms with E-state index in [2.05, 4.69) is 74.5 Å². The van der Waals surface area contributed by atoms with Crippen LogP contribution < -0.4 is 0 Å². The van der Waals surface area contributed by atoms with Crippen molar-refractivity contribution in [3.63, 3.8) is 0 Å². The van der Waals surface area contributed by atoms with Gasteiger partial charge in [0.1, 0.15) is 0 Å². The van der Waals surface area contributed by atoms with E-state index < -0.39 is 0 Å². The fourth-order valence-electron chi connectivity index (χ4n) is 2.74. The number of hydrogen-bond acceptors (Lipinski definition) is 0. The molecule has 0 nitrogen and oxygen atoms in total. The molecule has 4 rings (SSSR count). The first kappa shape index (κ1) is 23.2. The maximum atomic E-state index is 2.22. The Kier molecular flexibility index (Phi) is 9.92. The molecule has 0 fully saturated rings. The van der Waals surface area contributed by atoms with E-state index in [1.165, 1.54) is 39.4 Å². The Balaban J connectivity index is 0. The molecule has 3 aromatic carbocycles. The lowest BCUT2D eigenvalue weighted by molar-refractivity contribution is 1.09. The SMILES string of the molecule is C.C.C.C.CCC.c1ccc2c(c1)-c1cccc3cccc-2c13. The second-order valence-electron chi connectivity index (χ2n) is 4.96. The second-order valence-corrected chi connectivity index (χ2v) is 4.96. The molecule has 0 atom stereocenters. The molecule has 0 aliphatic heterocycles. The lowest BCUT2D eigenvalue weighted by Gasteiger charge is -2.00. The summed E-state index contributed by atoms with van der Waals surface area (Å²) in [6.07, 6.45) is 1.25. The highest BCUT2D eigenvalue weighted by Gasteiger charge is 2.19. The number of fused-ring (bicyclic) bond motifs is 3. The standard InChI is InChI=1S/C16H10.C3H8.4CH4/c1-2-8-13-12(7-1)14-9-3-5-11-6-4-10-15(13)16(11)14;1-3-2;;;;/h1-10H;3H2,1-2H3;4*1H4. The van der Waals surface area contributed by atoms with Crippen molar-refractivity contribution in [1.29, 1.82) is 0 Å². The maximum absolute atomic E-state index is 2.22. The predicted molar refractivity (Wildman–Crippen MR) is 111 cm³/mol. The van der Waals surface area contributed by atoms with Crippen LogP contribution >= 0.6 is 0 Å². The molecule has 0 saturated carbocycles. The normalized spacial score (nSPS) is 8.96. The first-order valence-corrected chi connectivity index (χ1v) is 6.98. The lowest BCUT2D eigenvalue weighted by atomic mass is 10.0. The third-order valence-corrected chi connectivity index (χ3v) is 3.41. The minimum atomic E-state index is 0. The summed E-state index contributed by atoms with van der Waals surface area (Å²) < 4.78 is 0. The van der Waals surface area contributed by atoms with Crippen molar-refractivity contribution in [2.24, 2.45) is 0 Å². The average Bonchev–Trinajstić information content (AvgIpc) is 2.78. The molecule has 3 aromatic rings. The van der Waals surface area contributed by atoms with Crippen molar-refractivity contribution in [3.05, 3.63) is 60.7 Å². The second kappa shape index (κ2) is 9.84. The van der Waals surface area contributed by atoms with Gasteiger partial charge in [-0.2, -0.15) is 0 Å². The van der Waals surface area contributed by atoms with E-state index in [9.17, 15) is 0 Å². The van der Waals surface area contributed by atoms with E-state index in [0.29, 0.717) is 0 Å². The zero-order valence-electron chi connectivity index (χ0n) is 11.5. The van der Waals surface area contributed by atoms with Crippen LogP contribution in [0.5, 0.6) is 0 Å². The van der Waals surface area contributed by atoms with Gasteiger partial charge < -0.3 is 0 Å². The monoisotopic (exact) mass is 310 g/mol. The van der Waals surface area contributed by atoms with Crippen LogP contribution in [0.1, 0.15) is 50.0 Å². The van der Waals surface area contributed by atoms with Crippen LogP contribution in [0.25, 0.3) is 33.0 Å². The summed E-state index contributed by atoms with van der Waals surface area (Å²) >= 11 is 0. The third kappa shape index (κ3) is 3.82. The molecule has 0 saturated heterocycles. The molecule has 126 valence electrons. The molecule has 0 bridgehead atoms. The fourth-order valence-corrected chi connectivity index (χ4v) is 2.74. The number of benzene rings is 3. The first-order chi connectivity index (χ1) is 9.36. The fraction of sp³-hybridized carbons (Fsp3) is 0.304. The lowest BCUT2D eigenvalue weighted by Crippen LogP contribution is -1.73. The summed E-state index contributed by atoms with van der Waals surface area (Å²) in [4.78, 5) is 0. The zero-order chi connectivity index (χ0) is 13.2. The molecule has 0 radical (unpaired) electrons. The van der Waals surface area contributed by atoms with Gasteiger partial charge in [0, 0.05) is 0 Å². The molecule has 0 aromatic heterocycles. The summed E-state index contributed by atoms with van der Waals surface area (Å²) in [6.45, 7) is 4.25. The summed E-state index contributed by atoms with van der Waals surface area (Å²) in [5.41, 5.74) is 5.50. The van der Waals surface area contributed by atoms with E-state index in [1.54, 1.807) is 0 Å².